The van der Waals surface area contributed by atoms with Gasteiger partial charge in [0.25, 0.3) is 0 Å². The predicted molar refractivity (Wildman–Crippen MR) is 77.9 cm³/mol. The molecular formula is C13H19N5O3. The van der Waals surface area contributed by atoms with Crippen molar-refractivity contribution in [3.05, 3.63) is 27.9 Å². The summed E-state index contributed by atoms with van der Waals surface area (Å²) in [5.41, 5.74) is 5.92. The topological polar surface area (TPSA) is 114 Å². The minimum absolute atomic E-state index is 0.00503. The number of aryl methyl sites for hydroxylation is 1. The Morgan fingerprint density at radius 1 is 1.57 bits per heavy atom. The molecule has 8 nitrogen and oxygen atoms in total. The Kier molecular flexibility index (Phi) is 4.69. The van der Waals surface area contributed by atoms with Crippen LogP contribution < -0.4 is 11.1 Å². The van der Waals surface area contributed by atoms with E-state index in [2.05, 4.69) is 10.3 Å². The lowest BCUT2D eigenvalue weighted by molar-refractivity contribution is -0.384. The Balaban J connectivity index is 1.97. The van der Waals surface area contributed by atoms with E-state index in [1.807, 2.05) is 4.90 Å². The van der Waals surface area contributed by atoms with Crippen LogP contribution in [0.15, 0.2) is 12.3 Å². The van der Waals surface area contributed by atoms with Gasteiger partial charge in [-0.1, -0.05) is 0 Å². The van der Waals surface area contributed by atoms with E-state index in [0.29, 0.717) is 5.82 Å². The summed E-state index contributed by atoms with van der Waals surface area (Å²) in [5, 5.41) is 14.2. The highest BCUT2D eigenvalue weighted by Crippen LogP contribution is 2.25. The van der Waals surface area contributed by atoms with Gasteiger partial charge in [-0.2, -0.15) is 0 Å². The molecule has 8 heteroatoms. The third-order valence-electron chi connectivity index (χ3n) is 3.51. The lowest BCUT2D eigenvalue weighted by Gasteiger charge is -2.31. The van der Waals surface area contributed by atoms with Crippen LogP contribution in [0, 0.1) is 17.0 Å². The van der Waals surface area contributed by atoms with E-state index < -0.39 is 4.92 Å². The van der Waals surface area contributed by atoms with Gasteiger partial charge in [-0.15, -0.1) is 0 Å². The molecule has 0 bridgehead atoms. The first-order chi connectivity index (χ1) is 9.95. The molecule has 114 valence electrons. The minimum Gasteiger partial charge on any atom is -0.369 e. The number of nitrogens with two attached hydrogens (primary N) is 1. The number of aromatic nitrogens is 1. The van der Waals surface area contributed by atoms with Crippen LogP contribution in [0.1, 0.15) is 18.4 Å². The van der Waals surface area contributed by atoms with Crippen LogP contribution in [0.25, 0.3) is 0 Å². The number of piperidine rings is 1. The van der Waals surface area contributed by atoms with Gasteiger partial charge in [0.15, 0.2) is 0 Å². The van der Waals surface area contributed by atoms with E-state index in [1.54, 1.807) is 13.1 Å². The Morgan fingerprint density at radius 3 is 2.81 bits per heavy atom. The molecule has 0 aromatic carbocycles. The highest BCUT2D eigenvalue weighted by atomic mass is 16.6. The van der Waals surface area contributed by atoms with Crippen molar-refractivity contribution in [2.45, 2.75) is 25.8 Å². The predicted octanol–water partition coefficient (Wildman–Crippen LogP) is 0.660. The molecule has 1 aromatic rings. The van der Waals surface area contributed by atoms with Crippen molar-refractivity contribution in [2.75, 3.05) is 25.0 Å². The fourth-order valence-corrected chi connectivity index (χ4v) is 2.45. The number of pyridine rings is 1. The molecule has 1 saturated heterocycles. The van der Waals surface area contributed by atoms with Crippen molar-refractivity contribution >= 4 is 17.4 Å². The molecule has 0 atom stereocenters. The first kappa shape index (κ1) is 15.2. The van der Waals surface area contributed by atoms with Gasteiger partial charge in [-0.05, 0) is 25.3 Å². The smallest absolute Gasteiger partial charge is 0.311 e. The number of carbonyl (C=O) groups excluding carboxylic acids is 1. The second-order valence-corrected chi connectivity index (χ2v) is 5.30. The molecule has 1 amide bonds. The summed E-state index contributed by atoms with van der Waals surface area (Å²) in [6, 6.07) is 1.63. The van der Waals surface area contributed by atoms with Crippen molar-refractivity contribution in [3.63, 3.8) is 0 Å². The van der Waals surface area contributed by atoms with Gasteiger partial charge in [-0.25, -0.2) is 4.98 Å². The average molecular weight is 293 g/mol. The molecule has 0 radical (unpaired) electrons. The van der Waals surface area contributed by atoms with Crippen LogP contribution in [0.2, 0.25) is 0 Å². The SMILES string of the molecule is Cc1cnc(NC2CCN(CC(N)=O)CC2)c([N+](=O)[O-])c1. The molecule has 1 aliphatic rings. The van der Waals surface area contributed by atoms with Gasteiger partial charge in [0.1, 0.15) is 0 Å². The van der Waals surface area contributed by atoms with Crippen molar-refractivity contribution in [1.82, 2.24) is 9.88 Å². The minimum atomic E-state index is -0.426. The lowest BCUT2D eigenvalue weighted by Crippen LogP contribution is -2.43. The maximum absolute atomic E-state index is 11.1. The van der Waals surface area contributed by atoms with E-state index in [-0.39, 0.29) is 24.2 Å². The van der Waals surface area contributed by atoms with E-state index in [0.717, 1.165) is 31.5 Å². The summed E-state index contributed by atoms with van der Waals surface area (Å²) >= 11 is 0. The number of hydrogen-bond acceptors (Lipinski definition) is 6. The fourth-order valence-electron chi connectivity index (χ4n) is 2.45. The molecule has 3 N–H and O–H groups in total. The fraction of sp³-hybridized carbons (Fsp3) is 0.538. The van der Waals surface area contributed by atoms with E-state index in [1.165, 1.54) is 6.07 Å². The molecule has 1 aliphatic heterocycles. The van der Waals surface area contributed by atoms with Gasteiger partial charge in [0.2, 0.25) is 11.7 Å². The molecule has 1 aromatic heterocycles. The van der Waals surface area contributed by atoms with Crippen molar-refractivity contribution in [1.29, 1.82) is 0 Å². The van der Waals surface area contributed by atoms with Crippen LogP contribution in [0.5, 0.6) is 0 Å². The molecule has 2 rings (SSSR count). The van der Waals surface area contributed by atoms with Crippen molar-refractivity contribution in [3.8, 4) is 0 Å². The Bertz CT molecular complexity index is 541. The van der Waals surface area contributed by atoms with Crippen molar-refractivity contribution in [2.24, 2.45) is 5.73 Å². The molecule has 0 aliphatic carbocycles. The molecular weight excluding hydrogens is 274 g/mol. The van der Waals surface area contributed by atoms with Crippen LogP contribution in [0.3, 0.4) is 0 Å². The third-order valence-corrected chi connectivity index (χ3v) is 3.51. The van der Waals surface area contributed by atoms with E-state index in [4.69, 9.17) is 5.73 Å². The standard InChI is InChI=1S/C13H19N5O3/c1-9-6-11(18(20)21)13(15-7-9)16-10-2-4-17(5-3-10)8-12(14)19/h6-7,10H,2-5,8H2,1H3,(H2,14,19)(H,15,16). The normalized spacial score (nSPS) is 16.6. The second kappa shape index (κ2) is 6.49. The average Bonchev–Trinajstić information content (AvgIpc) is 2.42. The molecule has 0 saturated carbocycles. The second-order valence-electron chi connectivity index (χ2n) is 5.30. The van der Waals surface area contributed by atoms with Gasteiger partial charge in [-0.3, -0.25) is 19.8 Å². The third kappa shape index (κ3) is 4.12. The highest BCUT2D eigenvalue weighted by Gasteiger charge is 2.23. The van der Waals surface area contributed by atoms with Crippen LogP contribution >= 0.6 is 0 Å². The number of nitrogens with zero attached hydrogens (tertiary/aromatic N) is 3. The van der Waals surface area contributed by atoms with Crippen LogP contribution in [-0.4, -0.2) is 46.4 Å². The summed E-state index contributed by atoms with van der Waals surface area (Å²) in [5.74, 6) is -0.0313. The monoisotopic (exact) mass is 293 g/mol. The van der Waals surface area contributed by atoms with Gasteiger partial charge >= 0.3 is 5.69 Å². The number of nitrogens with one attached hydrogen (secondary N) is 1. The first-order valence-electron chi connectivity index (χ1n) is 6.84. The Labute approximate surface area is 122 Å². The maximum Gasteiger partial charge on any atom is 0.311 e. The Hall–Kier alpha value is -2.22. The van der Waals surface area contributed by atoms with Crippen molar-refractivity contribution < 1.29 is 9.72 Å². The number of hydrogen-bond donors (Lipinski definition) is 2. The molecule has 0 unspecified atom stereocenters. The number of nitro groups is 1. The van der Waals surface area contributed by atoms with Crippen LogP contribution in [-0.2, 0) is 4.79 Å². The zero-order valence-corrected chi connectivity index (χ0v) is 11.9. The van der Waals surface area contributed by atoms with E-state index in [9.17, 15) is 14.9 Å². The largest absolute Gasteiger partial charge is 0.369 e. The lowest BCUT2D eigenvalue weighted by atomic mass is 10.0. The van der Waals surface area contributed by atoms with Gasteiger partial charge in [0, 0.05) is 31.4 Å². The number of likely N-dealkylation sites (tertiary alicyclic amines) is 1. The van der Waals surface area contributed by atoms with Gasteiger partial charge in [0.05, 0.1) is 11.5 Å². The number of primary amides is 1. The molecule has 2 heterocycles. The summed E-state index contributed by atoms with van der Waals surface area (Å²) in [7, 11) is 0. The Morgan fingerprint density at radius 2 is 2.24 bits per heavy atom. The number of rotatable bonds is 5. The number of carbonyl (C=O) groups is 1. The summed E-state index contributed by atoms with van der Waals surface area (Å²) in [6.45, 7) is 3.50. The molecule has 21 heavy (non-hydrogen) atoms. The summed E-state index contributed by atoms with van der Waals surface area (Å²) < 4.78 is 0. The summed E-state index contributed by atoms with van der Waals surface area (Å²) in [6.07, 6.45) is 3.19. The zero-order valence-electron chi connectivity index (χ0n) is 11.9. The highest BCUT2D eigenvalue weighted by molar-refractivity contribution is 5.75. The number of amides is 1. The van der Waals surface area contributed by atoms with E-state index >= 15 is 0 Å². The first-order valence-corrected chi connectivity index (χ1v) is 6.84. The number of anilines is 1. The maximum atomic E-state index is 11.1. The zero-order chi connectivity index (χ0) is 15.4. The van der Waals surface area contributed by atoms with Gasteiger partial charge < -0.3 is 11.1 Å². The quantitative estimate of drug-likeness (QED) is 0.609. The van der Waals surface area contributed by atoms with Crippen LogP contribution in [0.4, 0.5) is 11.5 Å². The molecule has 1 fully saturated rings. The summed E-state index contributed by atoms with van der Waals surface area (Å²) in [4.78, 5) is 27.6. The molecule has 0 spiro atoms.